The average Bonchev–Trinajstić information content (AvgIpc) is 2.82. The lowest BCUT2D eigenvalue weighted by Crippen LogP contribution is -2.00. The number of H-pyrrole nitrogens is 1. The summed E-state index contributed by atoms with van der Waals surface area (Å²) in [7, 11) is 0. The third kappa shape index (κ3) is 4.30. The van der Waals surface area contributed by atoms with Crippen LogP contribution in [0.2, 0.25) is 0 Å². The topological polar surface area (TPSA) is 28.7 Å². The van der Waals surface area contributed by atoms with Crippen molar-refractivity contribution in [3.05, 3.63) is 53.3 Å². The summed E-state index contributed by atoms with van der Waals surface area (Å²) in [5, 5.41) is 7.17. The molecule has 98 valence electrons. The first-order valence-corrected chi connectivity index (χ1v) is 6.64. The number of hydrogen-bond acceptors (Lipinski definition) is 1. The van der Waals surface area contributed by atoms with Gasteiger partial charge in [0.1, 0.15) is 0 Å². The van der Waals surface area contributed by atoms with Gasteiger partial charge in [0.15, 0.2) is 0 Å². The van der Waals surface area contributed by atoms with Crippen LogP contribution < -0.4 is 0 Å². The highest BCUT2D eigenvalue weighted by Gasteiger charge is 2.06. The number of rotatable bonds is 3. The fourth-order valence-electron chi connectivity index (χ4n) is 1.78. The van der Waals surface area contributed by atoms with Gasteiger partial charge >= 0.3 is 0 Å². The van der Waals surface area contributed by atoms with Crippen LogP contribution in [-0.4, -0.2) is 10.2 Å². The molecule has 1 heterocycles. The van der Waals surface area contributed by atoms with E-state index in [1.807, 2.05) is 12.3 Å². The van der Waals surface area contributed by atoms with E-state index in [9.17, 15) is 0 Å². The summed E-state index contributed by atoms with van der Waals surface area (Å²) in [5.74, 6) is 6.48. The molecule has 0 radical (unpaired) electrons. The number of aromatic nitrogens is 2. The summed E-state index contributed by atoms with van der Waals surface area (Å²) in [5.41, 5.74) is 3.51. The smallest absolute Gasteiger partial charge is 0.0655 e. The second kappa shape index (κ2) is 5.75. The lowest BCUT2D eigenvalue weighted by Gasteiger charge is -2.06. The number of benzene rings is 1. The molecule has 0 spiro atoms. The van der Waals surface area contributed by atoms with Crippen molar-refractivity contribution in [2.45, 2.75) is 33.6 Å². The van der Waals surface area contributed by atoms with Crippen LogP contribution in [0.15, 0.2) is 36.5 Å². The second-order valence-electron chi connectivity index (χ2n) is 5.75. The Morgan fingerprint density at radius 3 is 2.53 bits per heavy atom. The number of aryl methyl sites for hydroxylation is 2. The number of hydrogen-bond donors (Lipinski definition) is 1. The van der Waals surface area contributed by atoms with Gasteiger partial charge in [0.25, 0.3) is 0 Å². The maximum absolute atomic E-state index is 4.11. The summed E-state index contributed by atoms with van der Waals surface area (Å²) in [6.45, 7) is 6.34. The molecule has 0 aliphatic carbocycles. The number of nitrogens with one attached hydrogen (secondary N) is 1. The van der Waals surface area contributed by atoms with Crippen LogP contribution in [-0.2, 0) is 12.8 Å². The first-order chi connectivity index (χ1) is 9.04. The second-order valence-corrected chi connectivity index (χ2v) is 5.75. The van der Waals surface area contributed by atoms with Crippen LogP contribution in [0, 0.1) is 17.3 Å². The van der Waals surface area contributed by atoms with Crippen molar-refractivity contribution in [1.29, 1.82) is 0 Å². The molecule has 0 saturated heterocycles. The first-order valence-electron chi connectivity index (χ1n) is 6.64. The minimum Gasteiger partial charge on any atom is -0.281 e. The standard InChI is InChI=1S/C17H20N2/c1-17(2,3)12-11-15-13-18-19-16(15)10-9-14-7-5-4-6-8-14/h4-8,13H,9-10H2,1-3H3,(H,18,19). The van der Waals surface area contributed by atoms with Gasteiger partial charge in [-0.3, -0.25) is 5.10 Å². The Balaban J connectivity index is 2.06. The van der Waals surface area contributed by atoms with E-state index in [4.69, 9.17) is 0 Å². The highest BCUT2D eigenvalue weighted by Crippen LogP contribution is 2.13. The molecule has 2 heteroatoms. The molecule has 0 unspecified atom stereocenters. The molecule has 2 nitrogen and oxygen atoms in total. The Labute approximate surface area is 115 Å². The summed E-state index contributed by atoms with van der Waals surface area (Å²) in [6.07, 6.45) is 3.77. The highest BCUT2D eigenvalue weighted by molar-refractivity contribution is 5.37. The van der Waals surface area contributed by atoms with Crippen LogP contribution in [0.1, 0.15) is 37.6 Å². The van der Waals surface area contributed by atoms with Crippen LogP contribution in [0.3, 0.4) is 0 Å². The molecule has 2 aromatic rings. The minimum atomic E-state index is 0.0218. The molecule has 1 aromatic carbocycles. The molecule has 0 atom stereocenters. The average molecular weight is 252 g/mol. The molecule has 1 N–H and O–H groups in total. The van der Waals surface area contributed by atoms with Gasteiger partial charge in [-0.15, -0.1) is 0 Å². The largest absolute Gasteiger partial charge is 0.281 e. The maximum atomic E-state index is 4.11. The lowest BCUT2D eigenvalue weighted by atomic mass is 9.97. The molecule has 0 aliphatic rings. The summed E-state index contributed by atoms with van der Waals surface area (Å²) < 4.78 is 0. The molecular weight excluding hydrogens is 232 g/mol. The normalized spacial score (nSPS) is 10.9. The Morgan fingerprint density at radius 2 is 1.84 bits per heavy atom. The Kier molecular flexibility index (Phi) is 4.06. The zero-order valence-electron chi connectivity index (χ0n) is 11.8. The zero-order chi connectivity index (χ0) is 13.7. The third-order valence-corrected chi connectivity index (χ3v) is 2.80. The Bertz CT molecular complexity index is 577. The molecule has 2 rings (SSSR count). The van der Waals surface area contributed by atoms with Crippen LogP contribution in [0.4, 0.5) is 0 Å². The van der Waals surface area contributed by atoms with Gasteiger partial charge in [-0.2, -0.15) is 5.10 Å². The zero-order valence-corrected chi connectivity index (χ0v) is 11.8. The van der Waals surface area contributed by atoms with Crippen molar-refractivity contribution in [3.8, 4) is 11.8 Å². The van der Waals surface area contributed by atoms with Crippen molar-refractivity contribution in [2.75, 3.05) is 0 Å². The molecular formula is C17H20N2. The molecule has 0 fully saturated rings. The highest BCUT2D eigenvalue weighted by atomic mass is 15.1. The van der Waals surface area contributed by atoms with Gasteiger partial charge in [-0.25, -0.2) is 0 Å². The van der Waals surface area contributed by atoms with E-state index in [1.54, 1.807) is 0 Å². The summed E-state index contributed by atoms with van der Waals surface area (Å²) in [6, 6.07) is 10.5. The van der Waals surface area contributed by atoms with E-state index in [0.29, 0.717) is 0 Å². The van der Waals surface area contributed by atoms with E-state index in [2.05, 4.69) is 67.1 Å². The minimum absolute atomic E-state index is 0.0218. The van der Waals surface area contributed by atoms with Crippen molar-refractivity contribution in [1.82, 2.24) is 10.2 Å². The SMILES string of the molecule is CC(C)(C)C#Cc1cn[nH]c1CCc1ccccc1. The van der Waals surface area contributed by atoms with Gasteiger partial charge in [-0.1, -0.05) is 42.2 Å². The quantitative estimate of drug-likeness (QED) is 0.831. The lowest BCUT2D eigenvalue weighted by molar-refractivity contribution is 0.571. The Hall–Kier alpha value is -2.01. The fraction of sp³-hybridized carbons (Fsp3) is 0.353. The molecule has 0 bridgehead atoms. The predicted molar refractivity (Wildman–Crippen MR) is 78.8 cm³/mol. The predicted octanol–water partition coefficient (Wildman–Crippen LogP) is 3.59. The van der Waals surface area contributed by atoms with E-state index >= 15 is 0 Å². The third-order valence-electron chi connectivity index (χ3n) is 2.80. The maximum Gasteiger partial charge on any atom is 0.0655 e. The van der Waals surface area contributed by atoms with Crippen molar-refractivity contribution in [3.63, 3.8) is 0 Å². The van der Waals surface area contributed by atoms with Gasteiger partial charge in [0.05, 0.1) is 17.5 Å². The monoisotopic (exact) mass is 252 g/mol. The van der Waals surface area contributed by atoms with E-state index in [1.165, 1.54) is 5.56 Å². The van der Waals surface area contributed by atoms with Crippen LogP contribution in [0.5, 0.6) is 0 Å². The van der Waals surface area contributed by atoms with E-state index in [-0.39, 0.29) is 5.41 Å². The fourth-order valence-corrected chi connectivity index (χ4v) is 1.78. The van der Waals surface area contributed by atoms with Gasteiger partial charge in [-0.05, 0) is 39.2 Å². The number of nitrogens with zero attached hydrogens (tertiary/aromatic N) is 1. The van der Waals surface area contributed by atoms with Crippen molar-refractivity contribution >= 4 is 0 Å². The summed E-state index contributed by atoms with van der Waals surface area (Å²) >= 11 is 0. The van der Waals surface area contributed by atoms with E-state index < -0.39 is 0 Å². The molecule has 0 aliphatic heterocycles. The molecule has 0 saturated carbocycles. The molecule has 0 amide bonds. The summed E-state index contributed by atoms with van der Waals surface area (Å²) in [4.78, 5) is 0. The van der Waals surface area contributed by atoms with Crippen molar-refractivity contribution in [2.24, 2.45) is 5.41 Å². The molecule has 1 aromatic heterocycles. The van der Waals surface area contributed by atoms with Crippen LogP contribution in [0.25, 0.3) is 0 Å². The number of aromatic amines is 1. The van der Waals surface area contributed by atoms with Gasteiger partial charge in [0.2, 0.25) is 0 Å². The van der Waals surface area contributed by atoms with Crippen molar-refractivity contribution < 1.29 is 0 Å². The first kappa shape index (κ1) is 13.4. The van der Waals surface area contributed by atoms with Gasteiger partial charge in [0, 0.05) is 5.41 Å². The molecule has 19 heavy (non-hydrogen) atoms. The van der Waals surface area contributed by atoms with Gasteiger partial charge < -0.3 is 0 Å². The van der Waals surface area contributed by atoms with Crippen LogP contribution >= 0.6 is 0 Å². The Morgan fingerprint density at radius 1 is 1.11 bits per heavy atom. The van der Waals surface area contributed by atoms with E-state index in [0.717, 1.165) is 24.1 Å².